The number of hydrogen-bond acceptors (Lipinski definition) is 15. The van der Waals surface area contributed by atoms with Crippen LogP contribution in [0, 0.1) is 0 Å². The zero-order valence-electron chi connectivity index (χ0n) is 92.9. The second kappa shape index (κ2) is 45.4. The van der Waals surface area contributed by atoms with Crippen LogP contribution in [0.5, 0.6) is 57.5 Å². The molecule has 20 bridgehead atoms. The lowest BCUT2D eigenvalue weighted by molar-refractivity contribution is -0.136. The van der Waals surface area contributed by atoms with Gasteiger partial charge < -0.3 is 66.7 Å². The molecule has 12 aromatic rings. The van der Waals surface area contributed by atoms with E-state index in [0.29, 0.717) is 133 Å². The first-order valence-corrected chi connectivity index (χ1v) is 53.7. The second-order valence-corrected chi connectivity index (χ2v) is 48.9. The lowest BCUT2D eigenvalue weighted by Crippen LogP contribution is -2.21. The Morgan fingerprint density at radius 1 is 0.260 bits per heavy atom. The van der Waals surface area contributed by atoms with Crippen LogP contribution in [-0.4, -0.2) is 117 Å². The van der Waals surface area contributed by atoms with Gasteiger partial charge in [-0.15, -0.1) is 0 Å². The van der Waals surface area contributed by atoms with Crippen LogP contribution < -0.4 is 42.6 Å². The number of carbonyl (C=O) groups excluding carboxylic acids is 1. The van der Waals surface area contributed by atoms with Gasteiger partial charge in [-0.05, 0) is 230 Å². The molecule has 0 fully saturated rings. The fraction of sp³-hybridized carbons (Fsp3) is 0.473. The predicted octanol–water partition coefficient (Wildman–Crippen LogP) is 29.7. The number of phenols is 1. The lowest BCUT2D eigenvalue weighted by atomic mass is 9.79. The molecule has 1 N–H and O–H groups in total. The third-order valence-corrected chi connectivity index (χ3v) is 28.5. The highest BCUT2D eigenvalue weighted by molar-refractivity contribution is 6.10. The fourth-order valence-corrected chi connectivity index (χ4v) is 20.2. The van der Waals surface area contributed by atoms with Crippen LogP contribution >= 0.6 is 0 Å². The second-order valence-electron chi connectivity index (χ2n) is 48.9. The summed E-state index contributed by atoms with van der Waals surface area (Å²) in [4.78, 5) is 15.5. The van der Waals surface area contributed by atoms with Crippen molar-refractivity contribution in [3.63, 3.8) is 0 Å². The normalized spacial score (nSPS) is 15.0. The minimum absolute atomic E-state index is 0.0666. The van der Waals surface area contributed by atoms with E-state index in [1.165, 1.54) is 22.3 Å². The van der Waals surface area contributed by atoms with Crippen molar-refractivity contribution >= 4 is 27.5 Å². The van der Waals surface area contributed by atoms with Gasteiger partial charge in [-0.25, -0.2) is 4.79 Å². The Balaban J connectivity index is 0.862. The molecular weight excluding hydrogens is 1810 g/mol. The van der Waals surface area contributed by atoms with E-state index in [0.717, 1.165) is 192 Å². The Morgan fingerprint density at radius 2 is 0.473 bits per heavy atom. The Labute approximate surface area is 872 Å². The SMILES string of the molecule is CCCOc1c2cc(C(C)(C)C)cc1Cc1cc(C(C)(C)C)cc3c1OCCOCCOCCOc1c4cc(C(C)(C)C)cc1Cc1cc(C(C)(C)C)cc(c1OCC(=O)Oc1ccc5ccccc5c1-c1c(O)ccc5ccccc15)Cc1cc(C(C)(C)C)cc(c1OCCC)Cc1cc(C(C)(C)C)cc(c1OCCOCCOCCOc1c(cc(C(C)(C)C)cc1Cc1cc(C(C)(C)C)cc(c1OCCC)C3)C2)C4. The van der Waals surface area contributed by atoms with Crippen molar-refractivity contribution in [2.24, 2.45) is 0 Å². The number of carbonyl (C=O) groups is 1. The molecule has 0 atom stereocenters. The number of hydrogen-bond donors (Lipinski definition) is 1. The average molecular weight is 1980 g/mol. The number of rotatable bonds is 14. The maximum Gasteiger partial charge on any atom is 0.349 e. The molecule has 12 aromatic carbocycles. The molecule has 0 spiro atoms. The number of fused-ring (bicyclic) bond motifs is 24. The minimum Gasteiger partial charge on any atom is -0.507 e. The fourth-order valence-electron chi connectivity index (χ4n) is 20.2. The molecule has 2 aliphatic carbocycles. The molecule has 778 valence electrons. The van der Waals surface area contributed by atoms with Crippen molar-refractivity contribution in [1.29, 1.82) is 0 Å². The lowest BCUT2D eigenvalue weighted by Gasteiger charge is -2.29. The molecule has 15 nitrogen and oxygen atoms in total. The molecule has 0 saturated heterocycles. The van der Waals surface area contributed by atoms with E-state index < -0.39 is 12.6 Å². The Kier molecular flexibility index (Phi) is 33.8. The van der Waals surface area contributed by atoms with Gasteiger partial charge in [0.2, 0.25) is 0 Å². The zero-order chi connectivity index (χ0) is 105. The summed E-state index contributed by atoms with van der Waals surface area (Å²) in [7, 11) is 0. The maximum atomic E-state index is 15.5. The molecule has 146 heavy (non-hydrogen) atoms. The van der Waals surface area contributed by atoms with Gasteiger partial charge in [0.15, 0.2) is 6.61 Å². The Morgan fingerprint density at radius 3 is 0.726 bits per heavy atom. The van der Waals surface area contributed by atoms with Crippen molar-refractivity contribution in [3.8, 4) is 68.6 Å². The topological polar surface area (TPSA) is 157 Å². The monoisotopic (exact) mass is 1980 g/mol. The van der Waals surface area contributed by atoms with Crippen LogP contribution in [0.4, 0.5) is 0 Å². The van der Waals surface area contributed by atoms with E-state index in [9.17, 15) is 5.11 Å². The number of phenolic OH excluding ortho intramolecular Hbond substituents is 1. The average Bonchev–Trinajstić information content (AvgIpc) is 0.739. The number of esters is 1. The molecule has 0 amide bonds. The van der Waals surface area contributed by atoms with Gasteiger partial charge in [0, 0.05) is 62.5 Å². The third-order valence-electron chi connectivity index (χ3n) is 28.5. The minimum atomic E-state index is -0.617. The Bertz CT molecular complexity index is 6410. The summed E-state index contributed by atoms with van der Waals surface area (Å²) >= 11 is 0. The summed E-state index contributed by atoms with van der Waals surface area (Å²) in [6.07, 6.45) is 6.15. The maximum absolute atomic E-state index is 15.5. The molecule has 0 unspecified atom stereocenters. The summed E-state index contributed by atoms with van der Waals surface area (Å²) in [5, 5.41) is 15.5. The van der Waals surface area contributed by atoms with Crippen LogP contribution in [0.2, 0.25) is 0 Å². The first kappa shape index (κ1) is 109. The number of aromatic hydroxyl groups is 1. The van der Waals surface area contributed by atoms with Gasteiger partial charge in [-0.3, -0.25) is 0 Å². The van der Waals surface area contributed by atoms with Crippen LogP contribution in [0.25, 0.3) is 32.7 Å². The molecule has 2 heterocycles. The van der Waals surface area contributed by atoms with Gasteiger partial charge in [0.05, 0.1) is 72.7 Å². The number of benzene rings is 12. The van der Waals surface area contributed by atoms with Crippen molar-refractivity contribution in [3.05, 3.63) is 303 Å². The highest BCUT2D eigenvalue weighted by Crippen LogP contribution is 2.51. The van der Waals surface area contributed by atoms with E-state index in [4.69, 9.17) is 61.6 Å². The van der Waals surface area contributed by atoms with Gasteiger partial charge >= 0.3 is 5.97 Å². The van der Waals surface area contributed by atoms with Gasteiger partial charge in [-0.1, -0.05) is 345 Å². The molecule has 15 heteroatoms. The van der Waals surface area contributed by atoms with Crippen molar-refractivity contribution < 1.29 is 71.5 Å². The summed E-state index contributed by atoms with van der Waals surface area (Å²) in [5.41, 5.74) is 24.6. The summed E-state index contributed by atoms with van der Waals surface area (Å²) < 4.78 is 92.4. The van der Waals surface area contributed by atoms with Gasteiger partial charge in [0.1, 0.15) is 83.9 Å². The highest BCUT2D eigenvalue weighted by Gasteiger charge is 2.36. The van der Waals surface area contributed by atoms with E-state index in [-0.39, 0.29) is 88.7 Å². The largest absolute Gasteiger partial charge is 0.507 e. The quantitative estimate of drug-likeness (QED) is 0.0622. The number of ether oxygens (including phenoxy) is 13. The smallest absolute Gasteiger partial charge is 0.349 e. The van der Waals surface area contributed by atoms with Crippen LogP contribution in [-0.2, 0) is 118 Å². The Hall–Kier alpha value is -11.3. The molecule has 0 radical (unpaired) electrons. The van der Waals surface area contributed by atoms with Crippen LogP contribution in [0.1, 0.15) is 340 Å². The van der Waals surface area contributed by atoms with Gasteiger partial charge in [-0.2, -0.15) is 0 Å². The van der Waals surface area contributed by atoms with Crippen molar-refractivity contribution in [2.45, 2.75) is 301 Å². The first-order chi connectivity index (χ1) is 69.1. The first-order valence-electron chi connectivity index (χ1n) is 53.7. The molecule has 16 rings (SSSR count). The molecular formula is C131H164O15. The van der Waals surface area contributed by atoms with E-state index in [1.807, 2.05) is 66.7 Å². The summed E-state index contributed by atoms with van der Waals surface area (Å²) in [5.74, 6) is 6.07. The van der Waals surface area contributed by atoms with Crippen molar-refractivity contribution in [1.82, 2.24) is 0 Å². The van der Waals surface area contributed by atoms with E-state index >= 15 is 4.79 Å². The van der Waals surface area contributed by atoms with Crippen LogP contribution in [0.15, 0.2) is 170 Å². The zero-order valence-corrected chi connectivity index (χ0v) is 92.9. The summed E-state index contributed by atoms with van der Waals surface area (Å²) in [6, 6.07) is 61.2. The van der Waals surface area contributed by atoms with Crippen molar-refractivity contribution in [2.75, 3.05) is 106 Å². The van der Waals surface area contributed by atoms with E-state index in [2.05, 4.69) is 284 Å². The standard InChI is InChI=1S/C131H164O15/c1-28-43-138-116-85-58-91-72-104(127(13,14)15)73-92-59-86-67-102(125(7,8)9)69-88(117(86)139-44-29-2)61-94-75-105(128(16,17)18)74-93(60-87(116)68-101(66-85)124(4,5)6)120(94)142-55-51-135-48-49-137-53-57-144-122-97-63-96-77-106(129(19,20)21)76-95(121(96)143-56-52-136-47-46-134-50-54-141-119(91)92)62-89-70-103(126(10,11)12)71-90(118(89)140-45-30-3)64-99-80-108(131(25,26)27)81-100(65-98(122)79-107(78-97)130(22,23)24)123(99)145-82-113(133)146-112-42-40-84-36-32-34-38-110(84)115(112)114-109-37-33-31-35-83(109)39-41-111(114)132/h31-42,66-81,132H,28-30,43-65,82H2,1-27H3. The molecule has 0 saturated carbocycles. The molecule has 2 aliphatic heterocycles. The van der Waals surface area contributed by atoms with Gasteiger partial charge in [0.25, 0.3) is 0 Å². The third kappa shape index (κ3) is 26.3. The molecule has 4 aliphatic rings. The highest BCUT2D eigenvalue weighted by atomic mass is 16.6. The predicted molar refractivity (Wildman–Crippen MR) is 596 cm³/mol. The summed E-state index contributed by atoms with van der Waals surface area (Å²) in [6.45, 7) is 66.0. The van der Waals surface area contributed by atoms with Crippen LogP contribution in [0.3, 0.4) is 0 Å². The van der Waals surface area contributed by atoms with E-state index in [1.54, 1.807) is 6.07 Å². The molecule has 0 aromatic heterocycles.